The lowest BCUT2D eigenvalue weighted by atomic mass is 9.89. The summed E-state index contributed by atoms with van der Waals surface area (Å²) in [6.45, 7) is 4.30. The number of nitrogens with zero attached hydrogens (tertiary/aromatic N) is 1. The van der Waals surface area contributed by atoms with Crippen molar-refractivity contribution in [3.05, 3.63) is 22.4 Å². The first-order valence-corrected chi connectivity index (χ1v) is 8.89. The highest BCUT2D eigenvalue weighted by molar-refractivity contribution is 7.12. The molecule has 2 atom stereocenters. The molecule has 1 rings (SSSR count). The maximum Gasteiger partial charge on any atom is 0.407 e. The van der Waals surface area contributed by atoms with Gasteiger partial charge in [0.25, 0.3) is 0 Å². The van der Waals surface area contributed by atoms with E-state index in [0.29, 0.717) is 10.8 Å². The number of Topliss-reactive ketones (excluding diaryl/α,β-unsaturated/α-hetero) is 1. The fourth-order valence-corrected chi connectivity index (χ4v) is 3.33. The Morgan fingerprint density at radius 2 is 2.09 bits per heavy atom. The molecule has 1 amide bonds. The summed E-state index contributed by atoms with van der Waals surface area (Å²) < 4.78 is 0. The monoisotopic (exact) mass is 325 g/mol. The smallest absolute Gasteiger partial charge is 0.407 e. The predicted octanol–water partition coefficient (Wildman–Crippen LogP) is 4.91. The summed E-state index contributed by atoms with van der Waals surface area (Å²) in [4.78, 5) is 25.6. The number of ketones is 1. The maximum atomic E-state index is 12.3. The molecule has 1 aromatic heterocycles. The van der Waals surface area contributed by atoms with Gasteiger partial charge in [-0.3, -0.25) is 4.79 Å². The molecule has 0 aliphatic carbocycles. The van der Waals surface area contributed by atoms with Gasteiger partial charge >= 0.3 is 6.09 Å². The standard InChI is InChI=1S/C17H27NO3S/c1-4-6-8-13(5-2)11-14(18(3)17(20)21)12-15(19)16-9-7-10-22-16/h7,9-10,13-14H,4-6,8,11-12H2,1-3H3,(H,20,21). The fraction of sp³-hybridized carbons (Fsp3) is 0.647. The molecular formula is C17H27NO3S. The molecule has 5 heteroatoms. The SMILES string of the molecule is CCCCC(CC)CC(CC(=O)c1cccs1)N(C)C(=O)O. The van der Waals surface area contributed by atoms with Gasteiger partial charge in [0, 0.05) is 19.5 Å². The minimum absolute atomic E-state index is 0.0402. The first-order valence-electron chi connectivity index (χ1n) is 8.02. The molecule has 0 spiro atoms. The van der Waals surface area contributed by atoms with Crippen LogP contribution in [0.15, 0.2) is 17.5 Å². The lowest BCUT2D eigenvalue weighted by Crippen LogP contribution is -2.38. The zero-order valence-corrected chi connectivity index (χ0v) is 14.6. The first kappa shape index (κ1) is 18.7. The van der Waals surface area contributed by atoms with E-state index in [4.69, 9.17) is 0 Å². The number of thiophene rings is 1. The summed E-state index contributed by atoms with van der Waals surface area (Å²) in [5.41, 5.74) is 0. The summed E-state index contributed by atoms with van der Waals surface area (Å²) in [5.74, 6) is 0.515. The van der Waals surface area contributed by atoms with E-state index in [1.54, 1.807) is 13.1 Å². The molecule has 0 radical (unpaired) electrons. The summed E-state index contributed by atoms with van der Waals surface area (Å²) >= 11 is 1.42. The van der Waals surface area contributed by atoms with Crippen LogP contribution in [0.25, 0.3) is 0 Å². The average Bonchev–Trinajstić information content (AvgIpc) is 3.03. The Kier molecular flexibility index (Phi) is 8.17. The van der Waals surface area contributed by atoms with Gasteiger partial charge in [0.05, 0.1) is 4.88 Å². The molecule has 0 aliphatic heterocycles. The summed E-state index contributed by atoms with van der Waals surface area (Å²) in [7, 11) is 1.57. The molecule has 22 heavy (non-hydrogen) atoms. The van der Waals surface area contributed by atoms with Gasteiger partial charge in [0.1, 0.15) is 0 Å². The van der Waals surface area contributed by atoms with Gasteiger partial charge in [-0.15, -0.1) is 11.3 Å². The molecule has 1 heterocycles. The molecule has 4 nitrogen and oxygen atoms in total. The summed E-state index contributed by atoms with van der Waals surface area (Å²) in [6, 6.07) is 3.41. The highest BCUT2D eigenvalue weighted by atomic mass is 32.1. The largest absolute Gasteiger partial charge is 0.465 e. The van der Waals surface area contributed by atoms with Gasteiger partial charge in [-0.05, 0) is 23.8 Å². The number of amides is 1. The zero-order valence-electron chi connectivity index (χ0n) is 13.7. The van der Waals surface area contributed by atoms with Crippen LogP contribution in [0.3, 0.4) is 0 Å². The number of hydrogen-bond donors (Lipinski definition) is 1. The van der Waals surface area contributed by atoms with E-state index in [2.05, 4.69) is 13.8 Å². The van der Waals surface area contributed by atoms with Gasteiger partial charge in [-0.1, -0.05) is 45.6 Å². The van der Waals surface area contributed by atoms with Gasteiger partial charge < -0.3 is 10.0 Å². The van der Waals surface area contributed by atoms with Gasteiger partial charge in [0.15, 0.2) is 5.78 Å². The minimum Gasteiger partial charge on any atom is -0.465 e. The lowest BCUT2D eigenvalue weighted by Gasteiger charge is -2.28. The van der Waals surface area contributed by atoms with Crippen LogP contribution < -0.4 is 0 Å². The molecule has 0 saturated carbocycles. The molecule has 0 saturated heterocycles. The number of carbonyl (C=O) groups excluding carboxylic acids is 1. The minimum atomic E-state index is -0.964. The van der Waals surface area contributed by atoms with Crippen molar-refractivity contribution in [3.8, 4) is 0 Å². The van der Waals surface area contributed by atoms with Gasteiger partial charge in [-0.2, -0.15) is 0 Å². The number of unbranched alkanes of at least 4 members (excludes halogenated alkanes) is 1. The topological polar surface area (TPSA) is 57.6 Å². The van der Waals surface area contributed by atoms with Crippen molar-refractivity contribution in [2.24, 2.45) is 5.92 Å². The van der Waals surface area contributed by atoms with Gasteiger partial charge in [-0.25, -0.2) is 4.79 Å². The molecule has 124 valence electrons. The van der Waals surface area contributed by atoms with E-state index in [1.165, 1.54) is 16.2 Å². The van der Waals surface area contributed by atoms with Crippen LogP contribution >= 0.6 is 11.3 Å². The van der Waals surface area contributed by atoms with Gasteiger partial charge in [0.2, 0.25) is 0 Å². The first-order chi connectivity index (χ1) is 10.5. The Balaban J connectivity index is 2.74. The van der Waals surface area contributed by atoms with Crippen molar-refractivity contribution < 1.29 is 14.7 Å². The third-order valence-electron chi connectivity index (χ3n) is 4.22. The predicted molar refractivity (Wildman–Crippen MR) is 90.8 cm³/mol. The Morgan fingerprint density at radius 1 is 1.36 bits per heavy atom. The normalized spacial score (nSPS) is 13.6. The average molecular weight is 325 g/mol. The van der Waals surface area contributed by atoms with Crippen LogP contribution in [0.2, 0.25) is 0 Å². The van der Waals surface area contributed by atoms with E-state index in [0.717, 1.165) is 32.1 Å². The number of hydrogen-bond acceptors (Lipinski definition) is 3. The van der Waals surface area contributed by atoms with Crippen molar-refractivity contribution in [2.75, 3.05) is 7.05 Å². The molecule has 0 aliphatic rings. The van der Waals surface area contributed by atoms with Crippen LogP contribution in [-0.2, 0) is 0 Å². The Hall–Kier alpha value is -1.36. The molecule has 1 N–H and O–H groups in total. The van der Waals surface area contributed by atoms with Crippen molar-refractivity contribution in [3.63, 3.8) is 0 Å². The molecule has 0 aromatic carbocycles. The van der Waals surface area contributed by atoms with Crippen LogP contribution in [-0.4, -0.2) is 35.0 Å². The second-order valence-corrected chi connectivity index (χ2v) is 6.75. The van der Waals surface area contributed by atoms with E-state index < -0.39 is 6.09 Å². The van der Waals surface area contributed by atoms with Crippen molar-refractivity contribution >= 4 is 23.2 Å². The third-order valence-corrected chi connectivity index (χ3v) is 5.13. The zero-order chi connectivity index (χ0) is 16.5. The highest BCUT2D eigenvalue weighted by Crippen LogP contribution is 2.24. The Labute approximate surface area is 137 Å². The van der Waals surface area contributed by atoms with Crippen LogP contribution in [0.5, 0.6) is 0 Å². The lowest BCUT2D eigenvalue weighted by molar-refractivity contribution is 0.0905. The maximum absolute atomic E-state index is 12.3. The number of carbonyl (C=O) groups is 2. The molecule has 1 aromatic rings. The van der Waals surface area contributed by atoms with Crippen LogP contribution in [0.1, 0.15) is 62.0 Å². The second-order valence-electron chi connectivity index (χ2n) is 5.80. The van der Waals surface area contributed by atoms with E-state index >= 15 is 0 Å². The Bertz CT molecular complexity index is 458. The summed E-state index contributed by atoms with van der Waals surface area (Å²) in [6.07, 6.45) is 4.49. The number of carboxylic acid groups (broad SMARTS) is 1. The van der Waals surface area contributed by atoms with E-state index in [1.807, 2.05) is 11.4 Å². The van der Waals surface area contributed by atoms with Crippen molar-refractivity contribution in [1.29, 1.82) is 0 Å². The van der Waals surface area contributed by atoms with Crippen LogP contribution in [0.4, 0.5) is 4.79 Å². The highest BCUT2D eigenvalue weighted by Gasteiger charge is 2.25. The molecule has 0 bridgehead atoms. The second kappa shape index (κ2) is 9.62. The van der Waals surface area contributed by atoms with Crippen LogP contribution in [0, 0.1) is 5.92 Å². The Morgan fingerprint density at radius 3 is 2.59 bits per heavy atom. The fourth-order valence-electron chi connectivity index (χ4n) is 2.65. The van der Waals surface area contributed by atoms with E-state index in [9.17, 15) is 14.7 Å². The van der Waals surface area contributed by atoms with E-state index in [-0.39, 0.29) is 18.2 Å². The quantitative estimate of drug-likeness (QED) is 0.622. The molecule has 2 unspecified atom stereocenters. The third kappa shape index (κ3) is 5.79. The van der Waals surface area contributed by atoms with Crippen molar-refractivity contribution in [1.82, 2.24) is 4.90 Å². The number of rotatable bonds is 10. The summed E-state index contributed by atoms with van der Waals surface area (Å²) in [5, 5.41) is 11.1. The molecular weight excluding hydrogens is 298 g/mol. The molecule has 0 fully saturated rings. The van der Waals surface area contributed by atoms with Crippen molar-refractivity contribution in [2.45, 2.75) is 58.4 Å².